The van der Waals surface area contributed by atoms with Crippen molar-refractivity contribution in [1.82, 2.24) is 0 Å². The van der Waals surface area contributed by atoms with E-state index < -0.39 is 0 Å². The molecule has 4 heteroatoms. The van der Waals surface area contributed by atoms with Crippen molar-refractivity contribution in [3.05, 3.63) is 24.3 Å². The second-order valence-corrected chi connectivity index (χ2v) is 6.67. The van der Waals surface area contributed by atoms with E-state index in [1.165, 1.54) is 25.7 Å². The molecule has 3 N–H and O–H groups in total. The monoisotopic (exact) mass is 301 g/mol. The van der Waals surface area contributed by atoms with E-state index in [0.29, 0.717) is 12.3 Å². The maximum atomic E-state index is 12.4. The predicted octanol–water partition coefficient (Wildman–Crippen LogP) is 3.13. The Morgan fingerprint density at radius 1 is 1.14 bits per heavy atom. The van der Waals surface area contributed by atoms with Crippen molar-refractivity contribution in [2.75, 3.05) is 23.3 Å². The molecule has 3 rings (SSSR count). The third-order valence-electron chi connectivity index (χ3n) is 5.04. The fourth-order valence-corrected chi connectivity index (χ4v) is 3.74. The summed E-state index contributed by atoms with van der Waals surface area (Å²) in [6, 6.07) is 8.33. The maximum absolute atomic E-state index is 12.4. The zero-order valence-electron chi connectivity index (χ0n) is 13.3. The lowest BCUT2D eigenvalue weighted by Crippen LogP contribution is -2.35. The number of rotatable bonds is 4. The van der Waals surface area contributed by atoms with Crippen molar-refractivity contribution >= 4 is 17.3 Å². The molecule has 1 aromatic carbocycles. The van der Waals surface area contributed by atoms with E-state index in [2.05, 4.69) is 16.3 Å². The lowest BCUT2D eigenvalue weighted by molar-refractivity contribution is -0.117. The zero-order chi connectivity index (χ0) is 15.4. The molecule has 120 valence electrons. The normalized spacial score (nSPS) is 25.2. The van der Waals surface area contributed by atoms with E-state index in [9.17, 15) is 4.79 Å². The van der Waals surface area contributed by atoms with Crippen molar-refractivity contribution in [3.8, 4) is 0 Å². The first-order valence-corrected chi connectivity index (χ1v) is 8.63. The molecule has 2 atom stereocenters. The smallest absolute Gasteiger partial charge is 0.224 e. The van der Waals surface area contributed by atoms with Crippen molar-refractivity contribution < 1.29 is 4.79 Å². The van der Waals surface area contributed by atoms with Crippen LogP contribution >= 0.6 is 0 Å². The summed E-state index contributed by atoms with van der Waals surface area (Å²) in [5, 5.41) is 3.12. The van der Waals surface area contributed by atoms with Crippen LogP contribution < -0.4 is 16.0 Å². The molecule has 1 aromatic rings. The highest BCUT2D eigenvalue weighted by Crippen LogP contribution is 2.30. The van der Waals surface area contributed by atoms with Crippen LogP contribution in [-0.4, -0.2) is 25.0 Å². The van der Waals surface area contributed by atoms with Crippen molar-refractivity contribution in [2.24, 2.45) is 11.7 Å². The Kier molecular flexibility index (Phi) is 4.98. The molecule has 0 aromatic heterocycles. The van der Waals surface area contributed by atoms with E-state index in [1.54, 1.807) is 0 Å². The molecule has 22 heavy (non-hydrogen) atoms. The van der Waals surface area contributed by atoms with E-state index in [4.69, 9.17) is 5.73 Å². The van der Waals surface area contributed by atoms with Crippen LogP contribution in [0.5, 0.6) is 0 Å². The Morgan fingerprint density at radius 3 is 2.64 bits per heavy atom. The molecule has 2 unspecified atom stereocenters. The summed E-state index contributed by atoms with van der Waals surface area (Å²) in [5.74, 6) is 0.446. The number of nitrogens with zero attached hydrogens (tertiary/aromatic N) is 1. The number of hydrogen-bond donors (Lipinski definition) is 2. The number of anilines is 2. The van der Waals surface area contributed by atoms with Crippen LogP contribution in [0.15, 0.2) is 24.3 Å². The predicted molar refractivity (Wildman–Crippen MR) is 91.1 cm³/mol. The highest BCUT2D eigenvalue weighted by atomic mass is 16.1. The van der Waals surface area contributed by atoms with Gasteiger partial charge in [-0.3, -0.25) is 4.79 Å². The van der Waals surface area contributed by atoms with Gasteiger partial charge in [-0.05, 0) is 43.7 Å². The third-order valence-corrected chi connectivity index (χ3v) is 5.04. The summed E-state index contributed by atoms with van der Waals surface area (Å²) in [4.78, 5) is 14.8. The van der Waals surface area contributed by atoms with Crippen molar-refractivity contribution in [2.45, 2.75) is 51.0 Å². The topological polar surface area (TPSA) is 58.4 Å². The van der Waals surface area contributed by atoms with Crippen molar-refractivity contribution in [3.63, 3.8) is 0 Å². The Labute approximate surface area is 133 Å². The standard InChI is InChI=1S/C18H27N3O/c19-15-8-2-1-7-14(15)13-18(22)20-16-9-3-4-10-17(16)21-11-5-6-12-21/h3-4,9-10,14-15H,1-2,5-8,11-13,19H2,(H,20,22). The minimum absolute atomic E-state index is 0.106. The SMILES string of the molecule is NC1CCCCC1CC(=O)Nc1ccccc1N1CCCC1. The average Bonchev–Trinajstić information content (AvgIpc) is 3.04. The minimum Gasteiger partial charge on any atom is -0.370 e. The molecule has 0 bridgehead atoms. The van der Waals surface area contributed by atoms with Crippen LogP contribution in [0, 0.1) is 5.92 Å². The van der Waals surface area contributed by atoms with Gasteiger partial charge in [-0.25, -0.2) is 0 Å². The highest BCUT2D eigenvalue weighted by Gasteiger charge is 2.24. The van der Waals surface area contributed by atoms with Crippen LogP contribution in [0.2, 0.25) is 0 Å². The maximum Gasteiger partial charge on any atom is 0.224 e. The van der Waals surface area contributed by atoms with Gasteiger partial charge in [-0.15, -0.1) is 0 Å². The Bertz CT molecular complexity index is 511. The van der Waals surface area contributed by atoms with Crippen LogP contribution in [0.25, 0.3) is 0 Å². The number of nitrogens with two attached hydrogens (primary N) is 1. The van der Waals surface area contributed by atoms with E-state index in [1.807, 2.05) is 18.2 Å². The van der Waals surface area contributed by atoms with Gasteiger partial charge in [-0.1, -0.05) is 25.0 Å². The number of carbonyl (C=O) groups is 1. The summed E-state index contributed by atoms with van der Waals surface area (Å²) in [6.45, 7) is 2.17. The molecule has 1 saturated carbocycles. The average molecular weight is 301 g/mol. The Hall–Kier alpha value is -1.55. The van der Waals surface area contributed by atoms with Gasteiger partial charge < -0.3 is 16.0 Å². The van der Waals surface area contributed by atoms with Gasteiger partial charge in [0, 0.05) is 25.6 Å². The first-order valence-electron chi connectivity index (χ1n) is 8.63. The molecule has 1 aliphatic carbocycles. The molecule has 4 nitrogen and oxygen atoms in total. The van der Waals surface area contributed by atoms with Gasteiger partial charge in [0.2, 0.25) is 5.91 Å². The van der Waals surface area contributed by atoms with E-state index in [0.717, 1.165) is 37.3 Å². The molecular formula is C18H27N3O. The summed E-state index contributed by atoms with van der Waals surface area (Å²) in [7, 11) is 0. The number of carbonyl (C=O) groups excluding carboxylic acids is 1. The molecule has 0 spiro atoms. The molecule has 2 fully saturated rings. The fraction of sp³-hybridized carbons (Fsp3) is 0.611. The lowest BCUT2D eigenvalue weighted by Gasteiger charge is -2.28. The number of nitrogens with one attached hydrogen (secondary N) is 1. The fourth-order valence-electron chi connectivity index (χ4n) is 3.74. The van der Waals surface area contributed by atoms with Gasteiger partial charge in [-0.2, -0.15) is 0 Å². The van der Waals surface area contributed by atoms with Gasteiger partial charge in [0.05, 0.1) is 11.4 Å². The molecule has 1 aliphatic heterocycles. The van der Waals surface area contributed by atoms with Crippen LogP contribution in [0.4, 0.5) is 11.4 Å². The number of benzene rings is 1. The minimum atomic E-state index is 0.106. The lowest BCUT2D eigenvalue weighted by atomic mass is 9.83. The van der Waals surface area contributed by atoms with Gasteiger partial charge in [0.15, 0.2) is 0 Å². The Morgan fingerprint density at radius 2 is 1.86 bits per heavy atom. The summed E-state index contributed by atoms with van der Waals surface area (Å²) in [6.07, 6.45) is 7.58. The second kappa shape index (κ2) is 7.14. The largest absolute Gasteiger partial charge is 0.370 e. The first-order chi connectivity index (χ1) is 10.7. The first kappa shape index (κ1) is 15.3. The van der Waals surface area contributed by atoms with Crippen LogP contribution in [-0.2, 0) is 4.79 Å². The number of amides is 1. The molecule has 2 aliphatic rings. The summed E-state index contributed by atoms with van der Waals surface area (Å²) < 4.78 is 0. The van der Waals surface area contributed by atoms with Crippen molar-refractivity contribution in [1.29, 1.82) is 0 Å². The van der Waals surface area contributed by atoms with Crippen LogP contribution in [0.3, 0.4) is 0 Å². The molecule has 1 amide bonds. The zero-order valence-corrected chi connectivity index (χ0v) is 13.3. The van der Waals surface area contributed by atoms with Gasteiger partial charge in [0.1, 0.15) is 0 Å². The summed E-state index contributed by atoms with van der Waals surface area (Å²) >= 11 is 0. The quantitative estimate of drug-likeness (QED) is 0.898. The van der Waals surface area contributed by atoms with E-state index in [-0.39, 0.29) is 11.9 Å². The van der Waals surface area contributed by atoms with Gasteiger partial charge >= 0.3 is 0 Å². The molecule has 1 saturated heterocycles. The molecule has 1 heterocycles. The third kappa shape index (κ3) is 3.61. The molecule has 0 radical (unpaired) electrons. The summed E-state index contributed by atoms with van der Waals surface area (Å²) in [5.41, 5.74) is 8.26. The second-order valence-electron chi connectivity index (χ2n) is 6.67. The number of para-hydroxylation sites is 2. The van der Waals surface area contributed by atoms with E-state index >= 15 is 0 Å². The Balaban J connectivity index is 1.63. The molecular weight excluding hydrogens is 274 g/mol. The van der Waals surface area contributed by atoms with Crippen LogP contribution in [0.1, 0.15) is 44.9 Å². The van der Waals surface area contributed by atoms with Gasteiger partial charge in [0.25, 0.3) is 0 Å². The number of hydrogen-bond acceptors (Lipinski definition) is 3. The highest BCUT2D eigenvalue weighted by molar-refractivity contribution is 5.94.